The van der Waals surface area contributed by atoms with Crippen LogP contribution >= 0.6 is 39.1 Å². The summed E-state index contributed by atoms with van der Waals surface area (Å²) in [6.45, 7) is 1.29. The molecule has 1 saturated carbocycles. The summed E-state index contributed by atoms with van der Waals surface area (Å²) in [5.74, 6) is -0.805. The summed E-state index contributed by atoms with van der Waals surface area (Å²) in [6.07, 6.45) is 6.42. The Bertz CT molecular complexity index is 1200. The molecule has 202 valence electrons. The zero-order chi connectivity index (χ0) is 27.2. The molecule has 37 heavy (non-hydrogen) atoms. The second-order valence-electron chi connectivity index (χ2n) is 9.21. The van der Waals surface area contributed by atoms with E-state index in [9.17, 15) is 18.0 Å². The van der Waals surface area contributed by atoms with E-state index < -0.39 is 28.5 Å². The summed E-state index contributed by atoms with van der Waals surface area (Å²) in [6, 6.07) is 11.0. The normalized spacial score (nSPS) is 15.2. The van der Waals surface area contributed by atoms with E-state index in [1.807, 2.05) is 6.92 Å². The van der Waals surface area contributed by atoms with E-state index in [1.165, 1.54) is 4.90 Å². The Labute approximate surface area is 237 Å². The van der Waals surface area contributed by atoms with Crippen molar-refractivity contribution in [2.75, 3.05) is 17.1 Å². The van der Waals surface area contributed by atoms with Crippen LogP contribution in [0.3, 0.4) is 0 Å². The molecule has 1 unspecified atom stereocenters. The van der Waals surface area contributed by atoms with Crippen LogP contribution in [-0.2, 0) is 26.2 Å². The van der Waals surface area contributed by atoms with Crippen molar-refractivity contribution in [3.63, 3.8) is 0 Å². The van der Waals surface area contributed by atoms with E-state index in [0.29, 0.717) is 32.2 Å². The number of rotatable bonds is 10. The fourth-order valence-corrected chi connectivity index (χ4v) is 6.56. The minimum atomic E-state index is -3.83. The predicted molar refractivity (Wildman–Crippen MR) is 152 cm³/mol. The van der Waals surface area contributed by atoms with Gasteiger partial charge in [-0.25, -0.2) is 8.42 Å². The fraction of sp³-hybridized carbons (Fsp3) is 0.462. The van der Waals surface area contributed by atoms with Gasteiger partial charge in [-0.3, -0.25) is 13.9 Å². The van der Waals surface area contributed by atoms with Crippen molar-refractivity contribution < 1.29 is 18.0 Å². The van der Waals surface area contributed by atoms with Crippen LogP contribution in [-0.4, -0.2) is 50.0 Å². The van der Waals surface area contributed by atoms with Crippen molar-refractivity contribution >= 4 is 66.7 Å². The number of hydrogen-bond donors (Lipinski definition) is 1. The van der Waals surface area contributed by atoms with Crippen LogP contribution < -0.4 is 9.62 Å². The van der Waals surface area contributed by atoms with Gasteiger partial charge in [-0.15, -0.1) is 0 Å². The van der Waals surface area contributed by atoms with E-state index in [0.717, 1.165) is 42.7 Å². The third-order valence-electron chi connectivity index (χ3n) is 6.53. The lowest BCUT2D eigenvalue weighted by molar-refractivity contribution is -0.140. The summed E-state index contributed by atoms with van der Waals surface area (Å²) in [5, 5.41) is 3.83. The predicted octanol–water partition coefficient (Wildman–Crippen LogP) is 5.78. The highest BCUT2D eigenvalue weighted by Gasteiger charge is 2.33. The van der Waals surface area contributed by atoms with Crippen LogP contribution in [0.15, 0.2) is 46.9 Å². The summed E-state index contributed by atoms with van der Waals surface area (Å²) in [4.78, 5) is 28.7. The van der Waals surface area contributed by atoms with Gasteiger partial charge in [0.2, 0.25) is 21.8 Å². The number of benzene rings is 2. The lowest BCUT2D eigenvalue weighted by atomic mass is 9.95. The Morgan fingerprint density at radius 3 is 2.24 bits per heavy atom. The van der Waals surface area contributed by atoms with E-state index in [4.69, 9.17) is 23.2 Å². The summed E-state index contributed by atoms with van der Waals surface area (Å²) in [7, 11) is -3.83. The van der Waals surface area contributed by atoms with E-state index in [2.05, 4.69) is 21.2 Å². The monoisotopic (exact) mass is 631 g/mol. The molecule has 1 aliphatic carbocycles. The number of hydrogen-bond acceptors (Lipinski definition) is 4. The van der Waals surface area contributed by atoms with Crippen LogP contribution in [0.5, 0.6) is 0 Å². The molecule has 11 heteroatoms. The van der Waals surface area contributed by atoms with Crippen LogP contribution in [0, 0.1) is 0 Å². The average molecular weight is 633 g/mol. The minimum absolute atomic E-state index is 0.0402. The molecule has 1 N–H and O–H groups in total. The van der Waals surface area contributed by atoms with Gasteiger partial charge in [0.15, 0.2) is 0 Å². The van der Waals surface area contributed by atoms with Gasteiger partial charge in [0.25, 0.3) is 0 Å². The number of amides is 2. The van der Waals surface area contributed by atoms with Gasteiger partial charge in [0.05, 0.1) is 11.9 Å². The molecule has 1 fully saturated rings. The van der Waals surface area contributed by atoms with Gasteiger partial charge < -0.3 is 10.2 Å². The first-order valence-corrected chi connectivity index (χ1v) is 15.7. The lowest BCUT2D eigenvalue weighted by Gasteiger charge is -2.34. The van der Waals surface area contributed by atoms with Crippen molar-refractivity contribution in [1.29, 1.82) is 0 Å². The van der Waals surface area contributed by atoms with Gasteiger partial charge in [-0.1, -0.05) is 67.6 Å². The highest BCUT2D eigenvalue weighted by molar-refractivity contribution is 9.10. The number of anilines is 1. The number of carbonyl (C=O) groups is 2. The highest BCUT2D eigenvalue weighted by Crippen LogP contribution is 2.30. The SMILES string of the molecule is CCC(C(=O)NC1CCCCC1)N(Cc1c(Cl)cccc1Cl)C(=O)CN(c1ccccc1Br)S(C)(=O)=O. The maximum Gasteiger partial charge on any atom is 0.244 e. The number of halogens is 3. The fourth-order valence-electron chi connectivity index (χ4n) is 4.57. The Morgan fingerprint density at radius 2 is 1.68 bits per heavy atom. The largest absolute Gasteiger partial charge is 0.352 e. The average Bonchev–Trinajstić information content (AvgIpc) is 2.84. The molecule has 0 radical (unpaired) electrons. The standard InChI is InChI=1S/C26H32BrCl2N3O4S/c1-3-23(26(34)30-18-10-5-4-6-11-18)31(16-19-21(28)13-9-14-22(19)29)25(33)17-32(37(2,35)36)24-15-8-7-12-20(24)27/h7-9,12-15,18,23H,3-6,10-11,16-17H2,1-2H3,(H,30,34). The number of nitrogens with one attached hydrogen (secondary N) is 1. The molecule has 1 aliphatic rings. The lowest BCUT2D eigenvalue weighted by Crippen LogP contribution is -2.54. The summed E-state index contributed by atoms with van der Waals surface area (Å²) < 4.78 is 27.1. The van der Waals surface area contributed by atoms with Gasteiger partial charge in [0, 0.05) is 32.7 Å². The van der Waals surface area contributed by atoms with Gasteiger partial charge in [0.1, 0.15) is 12.6 Å². The first-order valence-electron chi connectivity index (χ1n) is 12.3. The third-order valence-corrected chi connectivity index (χ3v) is 9.03. The maximum absolute atomic E-state index is 13.8. The molecule has 0 aromatic heterocycles. The first-order chi connectivity index (χ1) is 17.5. The molecule has 0 saturated heterocycles. The van der Waals surface area contributed by atoms with Crippen LogP contribution in [0.25, 0.3) is 0 Å². The van der Waals surface area contributed by atoms with Crippen LogP contribution in [0.1, 0.15) is 51.0 Å². The van der Waals surface area contributed by atoms with E-state index in [1.54, 1.807) is 42.5 Å². The molecule has 0 bridgehead atoms. The number of nitrogens with zero attached hydrogens (tertiary/aromatic N) is 2. The number of carbonyl (C=O) groups excluding carboxylic acids is 2. The zero-order valence-corrected chi connectivity index (χ0v) is 24.8. The highest BCUT2D eigenvalue weighted by atomic mass is 79.9. The Morgan fingerprint density at radius 1 is 1.05 bits per heavy atom. The van der Waals surface area contributed by atoms with Crippen molar-refractivity contribution in [3.05, 3.63) is 62.5 Å². The van der Waals surface area contributed by atoms with Crippen molar-refractivity contribution in [2.24, 2.45) is 0 Å². The first kappa shape index (κ1) is 29.7. The van der Waals surface area contributed by atoms with Gasteiger partial charge in [-0.2, -0.15) is 0 Å². The molecule has 2 aromatic carbocycles. The summed E-state index contributed by atoms with van der Waals surface area (Å²) >= 11 is 16.2. The molecule has 2 aromatic rings. The Kier molecular flexibility index (Phi) is 10.7. The number of sulfonamides is 1. The molecule has 3 rings (SSSR count). The second-order valence-corrected chi connectivity index (χ2v) is 12.8. The molecule has 7 nitrogen and oxygen atoms in total. The number of para-hydroxylation sites is 1. The zero-order valence-electron chi connectivity index (χ0n) is 20.9. The molecule has 0 heterocycles. The molecular weight excluding hydrogens is 601 g/mol. The minimum Gasteiger partial charge on any atom is -0.352 e. The smallest absolute Gasteiger partial charge is 0.244 e. The topological polar surface area (TPSA) is 86.8 Å². The molecule has 0 aliphatic heterocycles. The van der Waals surface area contributed by atoms with Crippen LogP contribution in [0.2, 0.25) is 10.0 Å². The van der Waals surface area contributed by atoms with Crippen LogP contribution in [0.4, 0.5) is 5.69 Å². The Balaban J connectivity index is 1.97. The molecule has 2 amide bonds. The van der Waals surface area contributed by atoms with Crippen molar-refractivity contribution in [1.82, 2.24) is 10.2 Å². The Hall–Kier alpha value is -1.81. The molecular formula is C26H32BrCl2N3O4S. The third kappa shape index (κ3) is 7.85. The molecule has 0 spiro atoms. The van der Waals surface area contributed by atoms with Gasteiger partial charge >= 0.3 is 0 Å². The van der Waals surface area contributed by atoms with E-state index >= 15 is 0 Å². The van der Waals surface area contributed by atoms with Gasteiger partial charge in [-0.05, 0) is 59.5 Å². The quantitative estimate of drug-likeness (QED) is 0.360. The van der Waals surface area contributed by atoms with Crippen molar-refractivity contribution in [3.8, 4) is 0 Å². The van der Waals surface area contributed by atoms with E-state index in [-0.39, 0.29) is 18.5 Å². The maximum atomic E-state index is 13.8. The molecule has 1 atom stereocenters. The van der Waals surface area contributed by atoms with Crippen molar-refractivity contribution in [2.45, 2.75) is 64.1 Å². The summed E-state index contributed by atoms with van der Waals surface area (Å²) in [5.41, 5.74) is 0.823. The second kappa shape index (κ2) is 13.3.